The fourth-order valence-corrected chi connectivity index (χ4v) is 3.05. The van der Waals surface area contributed by atoms with Crippen molar-refractivity contribution in [3.05, 3.63) is 51.7 Å². The standard InChI is InChI=1S/C15H15FN2OS/c1-9-8-20-14(18-9)7-17-15(19)13-6-12(13)10-2-4-11(16)5-3-10/h2-5,8,12-13H,6-7H2,1H3,(H,17,19)/t12-,13-/m0/s1. The van der Waals surface area contributed by atoms with Crippen molar-refractivity contribution in [3.63, 3.8) is 0 Å². The van der Waals surface area contributed by atoms with Gasteiger partial charge < -0.3 is 5.32 Å². The molecule has 2 atom stereocenters. The van der Waals surface area contributed by atoms with E-state index >= 15 is 0 Å². The van der Waals surface area contributed by atoms with Crippen LogP contribution in [0.15, 0.2) is 29.6 Å². The molecule has 3 nitrogen and oxygen atoms in total. The van der Waals surface area contributed by atoms with Gasteiger partial charge in [-0.15, -0.1) is 11.3 Å². The lowest BCUT2D eigenvalue weighted by atomic mass is 10.1. The fourth-order valence-electron chi connectivity index (χ4n) is 2.34. The predicted molar refractivity (Wildman–Crippen MR) is 75.9 cm³/mol. The minimum atomic E-state index is -0.241. The van der Waals surface area contributed by atoms with Crippen LogP contribution in [-0.2, 0) is 11.3 Å². The first-order valence-electron chi connectivity index (χ1n) is 6.57. The number of hydrogen-bond acceptors (Lipinski definition) is 3. The molecule has 0 radical (unpaired) electrons. The second kappa shape index (κ2) is 5.32. The van der Waals surface area contributed by atoms with Crippen molar-refractivity contribution >= 4 is 17.2 Å². The molecular formula is C15H15FN2OS. The minimum Gasteiger partial charge on any atom is -0.349 e. The van der Waals surface area contributed by atoms with Crippen molar-refractivity contribution in [2.45, 2.75) is 25.8 Å². The number of carbonyl (C=O) groups excluding carboxylic acids is 1. The average molecular weight is 290 g/mol. The SMILES string of the molecule is Cc1csc(CNC(=O)[C@H]2C[C@H]2c2ccc(F)cc2)n1. The van der Waals surface area contributed by atoms with Crippen molar-refractivity contribution in [1.29, 1.82) is 0 Å². The molecule has 1 N–H and O–H groups in total. The molecule has 3 rings (SSSR count). The third-order valence-electron chi connectivity index (χ3n) is 3.51. The Morgan fingerprint density at radius 1 is 1.45 bits per heavy atom. The van der Waals surface area contributed by atoms with Crippen LogP contribution in [-0.4, -0.2) is 10.9 Å². The summed E-state index contributed by atoms with van der Waals surface area (Å²) in [7, 11) is 0. The van der Waals surface area contributed by atoms with E-state index in [4.69, 9.17) is 0 Å². The molecule has 1 saturated carbocycles. The predicted octanol–water partition coefficient (Wildman–Crippen LogP) is 3.01. The van der Waals surface area contributed by atoms with E-state index in [1.807, 2.05) is 12.3 Å². The Kier molecular flexibility index (Phi) is 3.53. The first kappa shape index (κ1) is 13.2. The Labute approximate surface area is 120 Å². The van der Waals surface area contributed by atoms with Gasteiger partial charge in [0.1, 0.15) is 10.8 Å². The van der Waals surface area contributed by atoms with Crippen LogP contribution in [0.1, 0.15) is 28.6 Å². The Morgan fingerprint density at radius 2 is 2.20 bits per heavy atom. The van der Waals surface area contributed by atoms with E-state index in [0.29, 0.717) is 6.54 Å². The molecule has 0 bridgehead atoms. The minimum absolute atomic E-state index is 0.0153. The highest BCUT2D eigenvalue weighted by Gasteiger charge is 2.43. The van der Waals surface area contributed by atoms with Gasteiger partial charge in [-0.25, -0.2) is 9.37 Å². The summed E-state index contributed by atoms with van der Waals surface area (Å²) in [6.45, 7) is 2.43. The number of halogens is 1. The summed E-state index contributed by atoms with van der Waals surface area (Å²) in [6.07, 6.45) is 0.842. The van der Waals surface area contributed by atoms with E-state index in [0.717, 1.165) is 22.7 Å². The smallest absolute Gasteiger partial charge is 0.224 e. The van der Waals surface area contributed by atoms with Crippen molar-refractivity contribution in [2.75, 3.05) is 0 Å². The summed E-state index contributed by atoms with van der Waals surface area (Å²) in [5, 5.41) is 5.82. The zero-order valence-electron chi connectivity index (χ0n) is 11.1. The Balaban J connectivity index is 1.53. The highest BCUT2D eigenvalue weighted by atomic mass is 32.1. The number of nitrogens with zero attached hydrogens (tertiary/aromatic N) is 1. The molecule has 104 valence electrons. The van der Waals surface area contributed by atoms with E-state index in [2.05, 4.69) is 10.3 Å². The number of hydrogen-bond donors (Lipinski definition) is 1. The number of nitrogens with one attached hydrogen (secondary N) is 1. The molecule has 1 fully saturated rings. The van der Waals surface area contributed by atoms with Crippen LogP contribution < -0.4 is 5.32 Å². The molecule has 1 aromatic heterocycles. The number of thiazole rings is 1. The normalized spacial score (nSPS) is 20.7. The average Bonchev–Trinajstić information content (AvgIpc) is 3.13. The van der Waals surface area contributed by atoms with E-state index in [9.17, 15) is 9.18 Å². The monoisotopic (exact) mass is 290 g/mol. The molecule has 0 spiro atoms. The third-order valence-corrected chi connectivity index (χ3v) is 4.47. The number of aryl methyl sites for hydroxylation is 1. The number of aromatic nitrogens is 1. The zero-order chi connectivity index (χ0) is 14.1. The first-order valence-corrected chi connectivity index (χ1v) is 7.45. The highest BCUT2D eigenvalue weighted by Crippen LogP contribution is 2.47. The Morgan fingerprint density at radius 3 is 2.85 bits per heavy atom. The van der Waals surface area contributed by atoms with Gasteiger partial charge in [0.05, 0.1) is 6.54 Å². The molecular weight excluding hydrogens is 275 g/mol. The van der Waals surface area contributed by atoms with Gasteiger partial charge in [0.25, 0.3) is 0 Å². The van der Waals surface area contributed by atoms with E-state index in [-0.39, 0.29) is 23.6 Å². The largest absolute Gasteiger partial charge is 0.349 e. The lowest BCUT2D eigenvalue weighted by molar-refractivity contribution is -0.122. The van der Waals surface area contributed by atoms with Gasteiger partial charge in [0.15, 0.2) is 0 Å². The molecule has 1 aromatic carbocycles. The molecule has 1 amide bonds. The molecule has 1 aliphatic rings. The van der Waals surface area contributed by atoms with Gasteiger partial charge >= 0.3 is 0 Å². The van der Waals surface area contributed by atoms with Crippen LogP contribution in [0.3, 0.4) is 0 Å². The third kappa shape index (κ3) is 2.88. The summed E-state index contributed by atoms with van der Waals surface area (Å²) in [5.41, 5.74) is 2.02. The number of rotatable bonds is 4. The number of benzene rings is 1. The number of carbonyl (C=O) groups is 1. The van der Waals surface area contributed by atoms with Gasteiger partial charge in [-0.1, -0.05) is 12.1 Å². The maximum Gasteiger partial charge on any atom is 0.224 e. The highest BCUT2D eigenvalue weighted by molar-refractivity contribution is 7.09. The molecule has 0 saturated heterocycles. The zero-order valence-corrected chi connectivity index (χ0v) is 11.9. The Bertz CT molecular complexity index is 623. The number of amides is 1. The molecule has 1 aliphatic carbocycles. The fraction of sp³-hybridized carbons (Fsp3) is 0.333. The molecule has 5 heteroatoms. The van der Waals surface area contributed by atoms with Crippen LogP contribution in [0, 0.1) is 18.7 Å². The summed E-state index contributed by atoms with van der Waals surface area (Å²) in [5.74, 6) is 0.0665. The van der Waals surface area contributed by atoms with Crippen LogP contribution >= 0.6 is 11.3 Å². The maximum absolute atomic E-state index is 12.9. The molecule has 0 aliphatic heterocycles. The van der Waals surface area contributed by atoms with Crippen LogP contribution in [0.25, 0.3) is 0 Å². The van der Waals surface area contributed by atoms with Crippen molar-refractivity contribution in [2.24, 2.45) is 5.92 Å². The Hall–Kier alpha value is -1.75. The molecule has 20 heavy (non-hydrogen) atoms. The van der Waals surface area contributed by atoms with Crippen LogP contribution in [0.2, 0.25) is 0 Å². The van der Waals surface area contributed by atoms with Gasteiger partial charge in [0, 0.05) is 17.0 Å². The van der Waals surface area contributed by atoms with Crippen molar-refractivity contribution in [3.8, 4) is 0 Å². The van der Waals surface area contributed by atoms with Crippen LogP contribution in [0.5, 0.6) is 0 Å². The maximum atomic E-state index is 12.9. The van der Waals surface area contributed by atoms with Gasteiger partial charge in [-0.2, -0.15) is 0 Å². The summed E-state index contributed by atoms with van der Waals surface area (Å²) >= 11 is 1.55. The van der Waals surface area contributed by atoms with E-state index < -0.39 is 0 Å². The summed E-state index contributed by atoms with van der Waals surface area (Å²) < 4.78 is 12.9. The van der Waals surface area contributed by atoms with Crippen LogP contribution in [0.4, 0.5) is 4.39 Å². The summed E-state index contributed by atoms with van der Waals surface area (Å²) in [4.78, 5) is 16.3. The lowest BCUT2D eigenvalue weighted by Gasteiger charge is -2.03. The second-order valence-corrected chi connectivity index (χ2v) is 6.04. The molecule has 0 unspecified atom stereocenters. The van der Waals surface area contributed by atoms with E-state index in [1.165, 1.54) is 12.1 Å². The first-order chi connectivity index (χ1) is 9.63. The second-order valence-electron chi connectivity index (χ2n) is 5.10. The molecule has 2 aromatic rings. The van der Waals surface area contributed by atoms with Gasteiger partial charge in [0.2, 0.25) is 5.91 Å². The van der Waals surface area contributed by atoms with Gasteiger partial charge in [-0.3, -0.25) is 4.79 Å². The lowest BCUT2D eigenvalue weighted by Crippen LogP contribution is -2.24. The summed E-state index contributed by atoms with van der Waals surface area (Å²) in [6, 6.07) is 6.41. The van der Waals surface area contributed by atoms with Crippen molar-refractivity contribution in [1.82, 2.24) is 10.3 Å². The van der Waals surface area contributed by atoms with Crippen molar-refractivity contribution < 1.29 is 9.18 Å². The topological polar surface area (TPSA) is 42.0 Å². The quantitative estimate of drug-likeness (QED) is 0.940. The van der Waals surface area contributed by atoms with Gasteiger partial charge in [-0.05, 0) is 37.0 Å². The molecule has 1 heterocycles. The van der Waals surface area contributed by atoms with E-state index in [1.54, 1.807) is 23.5 Å².